The summed E-state index contributed by atoms with van der Waals surface area (Å²) in [6, 6.07) is 27.2. The van der Waals surface area contributed by atoms with Crippen LogP contribution < -0.4 is 0 Å². The lowest BCUT2D eigenvalue weighted by Crippen LogP contribution is -1.93. The summed E-state index contributed by atoms with van der Waals surface area (Å²) in [4.78, 5) is 10.2. The van der Waals surface area contributed by atoms with E-state index in [2.05, 4.69) is 55.5 Å². The predicted octanol–water partition coefficient (Wildman–Crippen LogP) is 5.05. The van der Waals surface area contributed by atoms with Gasteiger partial charge in [-0.1, -0.05) is 72.8 Å². The molecule has 0 saturated heterocycles. The maximum absolute atomic E-state index is 10.2. The maximum atomic E-state index is 10.2. The molecule has 3 aromatic rings. The molecular formula is C20H18O2. The molecule has 0 aromatic heterocycles. The van der Waals surface area contributed by atoms with Crippen LogP contribution in [0.4, 0.5) is 0 Å². The van der Waals surface area contributed by atoms with Crippen molar-refractivity contribution in [1.82, 2.24) is 0 Å². The normalized spacial score (nSPS) is 9.50. The molecule has 3 rings (SSSR count). The lowest BCUT2D eigenvalue weighted by Gasteiger charge is -2.04. The molecular weight excluding hydrogens is 272 g/mol. The zero-order valence-corrected chi connectivity index (χ0v) is 12.4. The van der Waals surface area contributed by atoms with Crippen molar-refractivity contribution in [3.63, 3.8) is 0 Å². The number of hydrogen-bond acceptors (Lipinski definition) is 1. The van der Waals surface area contributed by atoms with Crippen molar-refractivity contribution in [3.8, 4) is 11.1 Å². The molecule has 0 aliphatic carbocycles. The van der Waals surface area contributed by atoms with Crippen LogP contribution in [0.3, 0.4) is 0 Å². The van der Waals surface area contributed by atoms with Crippen molar-refractivity contribution in [2.45, 2.75) is 6.92 Å². The molecule has 22 heavy (non-hydrogen) atoms. The Hall–Kier alpha value is -2.87. The summed E-state index contributed by atoms with van der Waals surface area (Å²) in [5.41, 5.74) is 4.27. The lowest BCUT2D eigenvalue weighted by atomic mass is 10.0. The first-order chi connectivity index (χ1) is 10.7. The number of benzene rings is 3. The van der Waals surface area contributed by atoms with Crippen LogP contribution in [0.25, 0.3) is 11.1 Å². The molecule has 0 amide bonds. The Kier molecular flexibility index (Phi) is 5.50. The van der Waals surface area contributed by atoms with E-state index >= 15 is 0 Å². The van der Waals surface area contributed by atoms with Gasteiger partial charge in [0.15, 0.2) is 0 Å². The minimum Gasteiger partial charge on any atom is -0.478 e. The van der Waals surface area contributed by atoms with Crippen LogP contribution in [0.2, 0.25) is 0 Å². The fourth-order valence-electron chi connectivity index (χ4n) is 2.10. The van der Waals surface area contributed by atoms with Gasteiger partial charge in [-0.15, -0.1) is 0 Å². The van der Waals surface area contributed by atoms with E-state index < -0.39 is 5.97 Å². The average Bonchev–Trinajstić information content (AvgIpc) is 2.57. The van der Waals surface area contributed by atoms with E-state index in [1.54, 1.807) is 30.3 Å². The summed E-state index contributed by atoms with van der Waals surface area (Å²) in [5, 5.41) is 8.38. The van der Waals surface area contributed by atoms with Gasteiger partial charge in [0.1, 0.15) is 0 Å². The van der Waals surface area contributed by atoms with Crippen molar-refractivity contribution in [2.24, 2.45) is 0 Å². The molecule has 2 heteroatoms. The molecule has 0 atom stereocenters. The van der Waals surface area contributed by atoms with E-state index in [1.165, 1.54) is 16.7 Å². The summed E-state index contributed by atoms with van der Waals surface area (Å²) in [7, 11) is 0. The van der Waals surface area contributed by atoms with Crippen LogP contribution in [-0.2, 0) is 0 Å². The number of carboxylic acids is 1. The predicted molar refractivity (Wildman–Crippen MR) is 90.0 cm³/mol. The van der Waals surface area contributed by atoms with Crippen molar-refractivity contribution >= 4 is 5.97 Å². The summed E-state index contributed by atoms with van der Waals surface area (Å²) in [5.74, 6) is -0.879. The van der Waals surface area contributed by atoms with Gasteiger partial charge in [0.2, 0.25) is 0 Å². The van der Waals surface area contributed by atoms with Gasteiger partial charge < -0.3 is 5.11 Å². The van der Waals surface area contributed by atoms with Crippen molar-refractivity contribution < 1.29 is 9.90 Å². The van der Waals surface area contributed by atoms with Gasteiger partial charge in [0.25, 0.3) is 0 Å². The highest BCUT2D eigenvalue weighted by Gasteiger charge is 1.98. The highest BCUT2D eigenvalue weighted by molar-refractivity contribution is 5.87. The highest BCUT2D eigenvalue weighted by atomic mass is 16.4. The molecule has 2 nitrogen and oxygen atoms in total. The molecule has 0 radical (unpaired) electrons. The second-order valence-electron chi connectivity index (χ2n) is 4.85. The van der Waals surface area contributed by atoms with E-state index in [9.17, 15) is 4.79 Å². The second kappa shape index (κ2) is 7.79. The van der Waals surface area contributed by atoms with Gasteiger partial charge in [-0.2, -0.15) is 0 Å². The smallest absolute Gasteiger partial charge is 0.335 e. The molecule has 0 heterocycles. The monoisotopic (exact) mass is 290 g/mol. The summed E-state index contributed by atoms with van der Waals surface area (Å²) >= 11 is 0. The second-order valence-corrected chi connectivity index (χ2v) is 4.85. The Morgan fingerprint density at radius 2 is 1.23 bits per heavy atom. The van der Waals surface area contributed by atoms with E-state index in [1.807, 2.05) is 6.07 Å². The first-order valence-corrected chi connectivity index (χ1v) is 7.08. The Morgan fingerprint density at radius 3 is 1.73 bits per heavy atom. The first kappa shape index (κ1) is 15.5. The third kappa shape index (κ3) is 4.32. The summed E-state index contributed by atoms with van der Waals surface area (Å²) in [6.45, 7) is 2.14. The number of rotatable bonds is 2. The van der Waals surface area contributed by atoms with Crippen LogP contribution in [0.15, 0.2) is 84.9 Å². The van der Waals surface area contributed by atoms with Crippen molar-refractivity contribution in [2.75, 3.05) is 0 Å². The zero-order chi connectivity index (χ0) is 15.8. The Morgan fingerprint density at radius 1 is 0.727 bits per heavy atom. The van der Waals surface area contributed by atoms with Gasteiger partial charge >= 0.3 is 5.97 Å². The molecule has 0 unspecified atom stereocenters. The molecule has 0 aliphatic heterocycles. The molecule has 0 aliphatic rings. The van der Waals surface area contributed by atoms with Gasteiger partial charge in [-0.25, -0.2) is 4.79 Å². The van der Waals surface area contributed by atoms with Crippen molar-refractivity contribution in [3.05, 3.63) is 96.1 Å². The van der Waals surface area contributed by atoms with Gasteiger partial charge in [0.05, 0.1) is 5.56 Å². The maximum Gasteiger partial charge on any atom is 0.335 e. The first-order valence-electron chi connectivity index (χ1n) is 7.08. The molecule has 1 N–H and O–H groups in total. The van der Waals surface area contributed by atoms with Gasteiger partial charge in [-0.3, -0.25) is 0 Å². The number of aryl methyl sites for hydroxylation is 1. The van der Waals surface area contributed by atoms with Crippen LogP contribution in [0.1, 0.15) is 15.9 Å². The molecule has 0 fully saturated rings. The minimum atomic E-state index is -0.879. The average molecular weight is 290 g/mol. The van der Waals surface area contributed by atoms with E-state index in [4.69, 9.17) is 5.11 Å². The summed E-state index contributed by atoms with van der Waals surface area (Å²) < 4.78 is 0. The van der Waals surface area contributed by atoms with Crippen LogP contribution >= 0.6 is 0 Å². The third-order valence-electron chi connectivity index (χ3n) is 3.25. The van der Waals surface area contributed by atoms with E-state index in [0.717, 1.165) is 0 Å². The Labute approximate surface area is 130 Å². The number of aromatic carboxylic acids is 1. The SMILES string of the molecule is Cc1ccccc1-c1ccccc1.O=C(O)c1ccccc1. The molecule has 0 bridgehead atoms. The summed E-state index contributed by atoms with van der Waals surface area (Å²) in [6.07, 6.45) is 0. The standard InChI is InChI=1S/C13H12.C7H6O2/c1-11-7-5-6-10-13(11)12-8-3-2-4-9-12;8-7(9)6-4-2-1-3-5-6/h2-10H,1H3;1-5H,(H,8,9). The van der Waals surface area contributed by atoms with Gasteiger partial charge in [0, 0.05) is 0 Å². The third-order valence-corrected chi connectivity index (χ3v) is 3.25. The molecule has 110 valence electrons. The van der Waals surface area contributed by atoms with Crippen LogP contribution in [0, 0.1) is 6.92 Å². The zero-order valence-electron chi connectivity index (χ0n) is 12.4. The van der Waals surface area contributed by atoms with E-state index in [-0.39, 0.29) is 0 Å². The topological polar surface area (TPSA) is 37.3 Å². The quantitative estimate of drug-likeness (QED) is 0.717. The number of carboxylic acid groups (broad SMARTS) is 1. The largest absolute Gasteiger partial charge is 0.478 e. The van der Waals surface area contributed by atoms with Crippen LogP contribution in [-0.4, -0.2) is 11.1 Å². The van der Waals surface area contributed by atoms with Crippen LogP contribution in [0.5, 0.6) is 0 Å². The fraction of sp³-hybridized carbons (Fsp3) is 0.0500. The van der Waals surface area contributed by atoms with Gasteiger partial charge in [-0.05, 0) is 35.7 Å². The molecule has 3 aromatic carbocycles. The fourth-order valence-corrected chi connectivity index (χ4v) is 2.10. The Bertz CT molecular complexity index is 719. The molecule has 0 saturated carbocycles. The van der Waals surface area contributed by atoms with E-state index in [0.29, 0.717) is 5.56 Å². The van der Waals surface area contributed by atoms with Crippen molar-refractivity contribution in [1.29, 1.82) is 0 Å². The minimum absolute atomic E-state index is 0.331. The number of carbonyl (C=O) groups is 1. The highest BCUT2D eigenvalue weighted by Crippen LogP contribution is 2.21. The molecule has 0 spiro atoms. The Balaban J connectivity index is 0.000000172. The number of hydrogen-bond donors (Lipinski definition) is 1. The lowest BCUT2D eigenvalue weighted by molar-refractivity contribution is 0.0697.